The zero-order valence-corrected chi connectivity index (χ0v) is 16.4. The lowest BCUT2D eigenvalue weighted by molar-refractivity contribution is -0.123. The highest BCUT2D eigenvalue weighted by Gasteiger charge is 2.30. The second kappa shape index (κ2) is 7.10. The van der Waals surface area contributed by atoms with Crippen LogP contribution in [0.15, 0.2) is 23.6 Å². The summed E-state index contributed by atoms with van der Waals surface area (Å²) in [5.41, 5.74) is 4.46. The molecule has 0 aliphatic carbocycles. The van der Waals surface area contributed by atoms with E-state index < -0.39 is 0 Å². The van der Waals surface area contributed by atoms with Gasteiger partial charge in [0.2, 0.25) is 5.91 Å². The lowest BCUT2D eigenvalue weighted by atomic mass is 10.1. The Labute approximate surface area is 158 Å². The number of carbonyl (C=O) groups excluding carboxylic acids is 1. The fraction of sp³-hybridized carbons (Fsp3) is 0.500. The van der Waals surface area contributed by atoms with Crippen molar-refractivity contribution in [1.29, 1.82) is 0 Å². The average Bonchev–Trinajstić information content (AvgIpc) is 3.23. The first-order valence-electron chi connectivity index (χ1n) is 9.22. The molecule has 0 saturated carbocycles. The number of nitrogens with zero attached hydrogens (tertiary/aromatic N) is 3. The molecule has 3 heterocycles. The third-order valence-electron chi connectivity index (χ3n) is 5.27. The number of hydrogen-bond acceptors (Lipinski definition) is 5. The molecule has 2 atom stereocenters. The molecule has 0 N–H and O–H groups in total. The highest BCUT2D eigenvalue weighted by molar-refractivity contribution is 7.09. The Bertz CT molecular complexity index is 819. The van der Waals surface area contributed by atoms with Crippen molar-refractivity contribution in [2.75, 3.05) is 31.1 Å². The average molecular weight is 372 g/mol. The van der Waals surface area contributed by atoms with E-state index in [4.69, 9.17) is 4.74 Å². The number of anilines is 1. The molecule has 1 amide bonds. The van der Waals surface area contributed by atoms with Gasteiger partial charge in [0.1, 0.15) is 0 Å². The molecule has 2 aromatic rings. The van der Waals surface area contributed by atoms with Gasteiger partial charge >= 0.3 is 0 Å². The molecule has 6 heteroatoms. The Morgan fingerprint density at radius 3 is 3.00 bits per heavy atom. The molecule has 4 rings (SSSR count). The number of carbonyl (C=O) groups is 1. The molecular weight excluding hydrogens is 346 g/mol. The van der Waals surface area contributed by atoms with Gasteiger partial charge < -0.3 is 9.64 Å². The molecule has 1 aromatic heterocycles. The van der Waals surface area contributed by atoms with Crippen LogP contribution in [-0.2, 0) is 16.0 Å². The third kappa shape index (κ3) is 3.41. The number of hydrogen-bond donors (Lipinski definition) is 0. The number of morpholine rings is 1. The second-order valence-corrected chi connectivity index (χ2v) is 8.38. The van der Waals surface area contributed by atoms with E-state index in [1.807, 2.05) is 11.8 Å². The molecular formula is C20H25N3O2S. The van der Waals surface area contributed by atoms with E-state index in [0.717, 1.165) is 41.5 Å². The van der Waals surface area contributed by atoms with E-state index in [1.54, 1.807) is 11.3 Å². The van der Waals surface area contributed by atoms with Crippen molar-refractivity contribution < 1.29 is 9.53 Å². The number of fused-ring (bicyclic) bond motifs is 1. The van der Waals surface area contributed by atoms with Crippen molar-refractivity contribution in [3.05, 3.63) is 34.2 Å². The number of aryl methyl sites for hydroxylation is 1. The summed E-state index contributed by atoms with van der Waals surface area (Å²) in [5, 5.41) is 3.17. The monoisotopic (exact) mass is 371 g/mol. The summed E-state index contributed by atoms with van der Waals surface area (Å²) in [6.07, 6.45) is 1.10. The minimum atomic E-state index is 0.182. The number of ether oxygens (including phenoxy) is 1. The molecule has 0 bridgehead atoms. The van der Waals surface area contributed by atoms with E-state index in [-0.39, 0.29) is 18.1 Å². The zero-order chi connectivity index (χ0) is 18.3. The molecule has 2 aliphatic rings. The van der Waals surface area contributed by atoms with Gasteiger partial charge in [0.25, 0.3) is 0 Å². The van der Waals surface area contributed by atoms with Crippen LogP contribution in [0.1, 0.15) is 24.4 Å². The maximum atomic E-state index is 12.9. The molecule has 26 heavy (non-hydrogen) atoms. The SMILES string of the molecule is Cc1nc(-c2ccc3c(c2)CCN3C(=O)CN2CC(C)OCC2C)cs1. The molecule has 1 saturated heterocycles. The van der Waals surface area contributed by atoms with Gasteiger partial charge in [-0.2, -0.15) is 0 Å². The first-order valence-corrected chi connectivity index (χ1v) is 10.1. The maximum Gasteiger partial charge on any atom is 0.241 e. The third-order valence-corrected chi connectivity index (χ3v) is 6.04. The maximum absolute atomic E-state index is 12.9. The first kappa shape index (κ1) is 17.6. The van der Waals surface area contributed by atoms with Crippen LogP contribution in [0.2, 0.25) is 0 Å². The van der Waals surface area contributed by atoms with Gasteiger partial charge in [-0.05, 0) is 44.9 Å². The van der Waals surface area contributed by atoms with E-state index >= 15 is 0 Å². The normalized spacial score (nSPS) is 23.3. The standard InChI is InChI=1S/C20H25N3O2S/c1-13-11-25-14(2)9-22(13)10-20(24)23-7-6-17-8-16(4-5-19(17)23)18-12-26-15(3)21-18/h4-5,8,12-14H,6-7,9-11H2,1-3H3. The van der Waals surface area contributed by atoms with Gasteiger partial charge in [0, 0.05) is 35.8 Å². The summed E-state index contributed by atoms with van der Waals surface area (Å²) in [4.78, 5) is 21.7. The van der Waals surface area contributed by atoms with Crippen LogP contribution in [0.25, 0.3) is 11.3 Å². The van der Waals surface area contributed by atoms with Crippen molar-refractivity contribution in [3.63, 3.8) is 0 Å². The summed E-state index contributed by atoms with van der Waals surface area (Å²) in [6.45, 7) is 8.95. The van der Waals surface area contributed by atoms with Crippen molar-refractivity contribution in [1.82, 2.24) is 9.88 Å². The molecule has 5 nitrogen and oxygen atoms in total. The van der Waals surface area contributed by atoms with Crippen molar-refractivity contribution in [2.24, 2.45) is 0 Å². The Kier molecular flexibility index (Phi) is 4.82. The van der Waals surface area contributed by atoms with Crippen LogP contribution in [0.4, 0.5) is 5.69 Å². The van der Waals surface area contributed by atoms with E-state index in [2.05, 4.69) is 47.3 Å². The predicted octanol–water partition coefficient (Wildman–Crippen LogP) is 3.12. The van der Waals surface area contributed by atoms with Gasteiger partial charge in [-0.1, -0.05) is 6.07 Å². The zero-order valence-electron chi connectivity index (χ0n) is 15.6. The molecule has 138 valence electrons. The van der Waals surface area contributed by atoms with Crippen LogP contribution < -0.4 is 4.90 Å². The fourth-order valence-electron chi connectivity index (χ4n) is 3.77. The summed E-state index contributed by atoms with van der Waals surface area (Å²) < 4.78 is 5.67. The van der Waals surface area contributed by atoms with Crippen LogP contribution >= 0.6 is 11.3 Å². The molecule has 2 aliphatic heterocycles. The molecule has 2 unspecified atom stereocenters. The Morgan fingerprint density at radius 2 is 2.23 bits per heavy atom. The highest BCUT2D eigenvalue weighted by Crippen LogP contribution is 2.33. The molecule has 1 fully saturated rings. The minimum Gasteiger partial charge on any atom is -0.376 e. The van der Waals surface area contributed by atoms with Crippen LogP contribution in [0, 0.1) is 6.92 Å². The number of benzene rings is 1. The van der Waals surface area contributed by atoms with Gasteiger partial charge in [0.15, 0.2) is 0 Å². The lowest BCUT2D eigenvalue weighted by Gasteiger charge is -2.37. The van der Waals surface area contributed by atoms with E-state index in [9.17, 15) is 4.79 Å². The summed E-state index contributed by atoms with van der Waals surface area (Å²) >= 11 is 1.67. The van der Waals surface area contributed by atoms with Crippen LogP contribution in [0.3, 0.4) is 0 Å². The number of rotatable bonds is 3. The lowest BCUT2D eigenvalue weighted by Crippen LogP contribution is -2.51. The van der Waals surface area contributed by atoms with Crippen molar-refractivity contribution in [2.45, 2.75) is 39.3 Å². The second-order valence-electron chi connectivity index (χ2n) is 7.31. The largest absolute Gasteiger partial charge is 0.376 e. The van der Waals surface area contributed by atoms with E-state index in [1.165, 1.54) is 5.56 Å². The van der Waals surface area contributed by atoms with Crippen molar-refractivity contribution >= 4 is 22.9 Å². The first-order chi connectivity index (χ1) is 12.5. The summed E-state index contributed by atoms with van der Waals surface area (Å²) in [6, 6.07) is 6.64. The molecule has 1 aromatic carbocycles. The fourth-order valence-corrected chi connectivity index (χ4v) is 4.39. The quantitative estimate of drug-likeness (QED) is 0.832. The topological polar surface area (TPSA) is 45.7 Å². The number of thiazole rings is 1. The minimum absolute atomic E-state index is 0.182. The predicted molar refractivity (Wildman–Crippen MR) is 105 cm³/mol. The van der Waals surface area contributed by atoms with Gasteiger partial charge in [0.05, 0.1) is 30.0 Å². The highest BCUT2D eigenvalue weighted by atomic mass is 32.1. The molecule has 0 radical (unpaired) electrons. The molecule has 0 spiro atoms. The number of amides is 1. The Balaban J connectivity index is 1.49. The Morgan fingerprint density at radius 1 is 1.38 bits per heavy atom. The van der Waals surface area contributed by atoms with Gasteiger partial charge in [-0.25, -0.2) is 4.98 Å². The summed E-state index contributed by atoms with van der Waals surface area (Å²) in [5.74, 6) is 0.182. The van der Waals surface area contributed by atoms with Crippen molar-refractivity contribution in [3.8, 4) is 11.3 Å². The van der Waals surface area contributed by atoms with Gasteiger partial charge in [-0.3, -0.25) is 9.69 Å². The van der Waals surface area contributed by atoms with Crippen LogP contribution in [0.5, 0.6) is 0 Å². The van der Waals surface area contributed by atoms with E-state index in [0.29, 0.717) is 13.2 Å². The van der Waals surface area contributed by atoms with Crippen LogP contribution in [-0.4, -0.2) is 54.2 Å². The van der Waals surface area contributed by atoms with Gasteiger partial charge in [-0.15, -0.1) is 11.3 Å². The number of aromatic nitrogens is 1. The Hall–Kier alpha value is -1.76. The summed E-state index contributed by atoms with van der Waals surface area (Å²) in [7, 11) is 0. The smallest absolute Gasteiger partial charge is 0.241 e.